The molecule has 0 radical (unpaired) electrons. The molecule has 1 aliphatic rings. The number of rotatable bonds is 4. The standard InChI is InChI=1S/C15H19BF2O4/c1-14(2)15(3,4)22-16(21-14)12(8-13(19)20)9-5-10(17)7-11(18)6-9/h5-7,12H,8H2,1-4H3,(H,19,20). The Morgan fingerprint density at radius 1 is 1.14 bits per heavy atom. The molecule has 1 aromatic rings. The maximum atomic E-state index is 13.4. The van der Waals surface area contributed by atoms with Crippen LogP contribution in [0.25, 0.3) is 0 Å². The SMILES string of the molecule is CC1(C)OB(C(CC(=O)O)c2cc(F)cc(F)c2)OC1(C)C. The number of carbonyl (C=O) groups is 1. The van der Waals surface area contributed by atoms with E-state index in [0.29, 0.717) is 0 Å². The fraction of sp³-hybridized carbons (Fsp3) is 0.533. The lowest BCUT2D eigenvalue weighted by atomic mass is 9.66. The lowest BCUT2D eigenvalue weighted by Gasteiger charge is -2.32. The Hall–Kier alpha value is -1.47. The number of halogens is 2. The van der Waals surface area contributed by atoms with Gasteiger partial charge in [-0.3, -0.25) is 4.79 Å². The van der Waals surface area contributed by atoms with E-state index in [9.17, 15) is 13.6 Å². The molecule has 1 N–H and O–H groups in total. The summed E-state index contributed by atoms with van der Waals surface area (Å²) in [5.41, 5.74) is -1.10. The Kier molecular flexibility index (Phi) is 4.32. The first-order chi connectivity index (χ1) is 10.0. The molecule has 1 heterocycles. The largest absolute Gasteiger partial charge is 0.481 e. The van der Waals surface area contributed by atoms with E-state index in [1.54, 1.807) is 0 Å². The first kappa shape index (κ1) is 16.9. The van der Waals surface area contributed by atoms with E-state index in [1.807, 2.05) is 27.7 Å². The summed E-state index contributed by atoms with van der Waals surface area (Å²) in [6, 6.07) is 2.97. The lowest BCUT2D eigenvalue weighted by Crippen LogP contribution is -2.41. The molecule has 0 aliphatic carbocycles. The highest BCUT2D eigenvalue weighted by molar-refractivity contribution is 6.48. The van der Waals surface area contributed by atoms with E-state index in [0.717, 1.165) is 18.2 Å². The van der Waals surface area contributed by atoms with Crippen LogP contribution in [-0.2, 0) is 14.1 Å². The Morgan fingerprint density at radius 3 is 2.00 bits per heavy atom. The first-order valence-electron chi connectivity index (χ1n) is 7.05. The fourth-order valence-electron chi connectivity index (χ4n) is 2.40. The van der Waals surface area contributed by atoms with Crippen LogP contribution in [-0.4, -0.2) is 29.4 Å². The predicted molar refractivity (Wildman–Crippen MR) is 77.4 cm³/mol. The normalized spacial score (nSPS) is 20.9. The predicted octanol–water partition coefficient (Wildman–Crippen LogP) is 3.15. The minimum atomic E-state index is -1.09. The molecular weight excluding hydrogens is 293 g/mol. The number of benzene rings is 1. The van der Waals surface area contributed by atoms with Gasteiger partial charge in [-0.05, 0) is 45.4 Å². The summed E-state index contributed by atoms with van der Waals surface area (Å²) in [7, 11) is -0.887. The number of carboxylic acids is 1. The maximum absolute atomic E-state index is 13.4. The molecule has 1 unspecified atom stereocenters. The van der Waals surface area contributed by atoms with Crippen molar-refractivity contribution in [2.24, 2.45) is 0 Å². The van der Waals surface area contributed by atoms with Crippen LogP contribution < -0.4 is 0 Å². The average Bonchev–Trinajstić information content (AvgIpc) is 2.53. The second-order valence-corrected chi connectivity index (χ2v) is 6.53. The summed E-state index contributed by atoms with van der Waals surface area (Å²) in [6.07, 6.45) is -0.347. The maximum Gasteiger partial charge on any atom is 0.466 e. The smallest absolute Gasteiger partial charge is 0.466 e. The van der Waals surface area contributed by atoms with Gasteiger partial charge < -0.3 is 14.4 Å². The highest BCUT2D eigenvalue weighted by atomic mass is 19.1. The molecule has 1 saturated heterocycles. The number of aliphatic carboxylic acids is 1. The van der Waals surface area contributed by atoms with Gasteiger partial charge in [0, 0.05) is 11.9 Å². The molecule has 120 valence electrons. The van der Waals surface area contributed by atoms with Gasteiger partial charge in [0.1, 0.15) is 11.6 Å². The van der Waals surface area contributed by atoms with Crippen molar-refractivity contribution >= 4 is 13.1 Å². The van der Waals surface area contributed by atoms with E-state index in [2.05, 4.69) is 0 Å². The summed E-state index contributed by atoms with van der Waals surface area (Å²) in [6.45, 7) is 7.32. The van der Waals surface area contributed by atoms with Gasteiger partial charge in [0.05, 0.1) is 17.6 Å². The second kappa shape index (κ2) is 5.63. The van der Waals surface area contributed by atoms with E-state index in [-0.39, 0.29) is 12.0 Å². The summed E-state index contributed by atoms with van der Waals surface area (Å²) in [5, 5.41) is 9.11. The first-order valence-corrected chi connectivity index (χ1v) is 7.05. The summed E-state index contributed by atoms with van der Waals surface area (Å²) >= 11 is 0. The third kappa shape index (κ3) is 3.30. The Morgan fingerprint density at radius 2 is 1.59 bits per heavy atom. The molecule has 7 heteroatoms. The van der Waals surface area contributed by atoms with Crippen LogP contribution in [0.1, 0.15) is 45.5 Å². The molecule has 4 nitrogen and oxygen atoms in total. The zero-order chi connectivity index (χ0) is 16.7. The lowest BCUT2D eigenvalue weighted by molar-refractivity contribution is -0.137. The molecule has 0 saturated carbocycles. The topological polar surface area (TPSA) is 55.8 Å². The van der Waals surface area contributed by atoms with Crippen LogP contribution in [0.5, 0.6) is 0 Å². The van der Waals surface area contributed by atoms with Crippen LogP contribution in [0.15, 0.2) is 18.2 Å². The summed E-state index contributed by atoms with van der Waals surface area (Å²) < 4.78 is 38.6. The van der Waals surface area contributed by atoms with Gasteiger partial charge in [0.25, 0.3) is 0 Å². The van der Waals surface area contributed by atoms with Crippen molar-refractivity contribution in [2.75, 3.05) is 0 Å². The molecule has 22 heavy (non-hydrogen) atoms. The Balaban J connectivity index is 2.37. The van der Waals surface area contributed by atoms with Crippen LogP contribution in [0.2, 0.25) is 0 Å². The summed E-state index contributed by atoms with van der Waals surface area (Å²) in [5.74, 6) is -3.42. The third-order valence-corrected chi connectivity index (χ3v) is 4.31. The van der Waals surface area contributed by atoms with E-state index < -0.39 is 41.7 Å². The molecule has 1 aromatic carbocycles. The van der Waals surface area contributed by atoms with Crippen molar-refractivity contribution in [1.29, 1.82) is 0 Å². The zero-order valence-electron chi connectivity index (χ0n) is 13.0. The van der Waals surface area contributed by atoms with Crippen LogP contribution in [0.3, 0.4) is 0 Å². The molecule has 0 aromatic heterocycles. The number of hydrogen-bond acceptors (Lipinski definition) is 3. The average molecular weight is 312 g/mol. The van der Waals surface area contributed by atoms with Crippen molar-refractivity contribution < 1.29 is 28.0 Å². The Labute approximate surface area is 128 Å². The summed E-state index contributed by atoms with van der Waals surface area (Å²) in [4.78, 5) is 11.1. The zero-order valence-corrected chi connectivity index (χ0v) is 13.0. The van der Waals surface area contributed by atoms with Gasteiger partial charge in [0.2, 0.25) is 0 Å². The minimum absolute atomic E-state index is 0.207. The molecular formula is C15H19BF2O4. The van der Waals surface area contributed by atoms with Gasteiger partial charge in [-0.25, -0.2) is 8.78 Å². The second-order valence-electron chi connectivity index (χ2n) is 6.53. The van der Waals surface area contributed by atoms with Gasteiger partial charge in [-0.1, -0.05) is 0 Å². The van der Waals surface area contributed by atoms with Crippen LogP contribution in [0.4, 0.5) is 8.78 Å². The molecule has 1 aliphatic heterocycles. The van der Waals surface area contributed by atoms with Crippen molar-refractivity contribution in [1.82, 2.24) is 0 Å². The van der Waals surface area contributed by atoms with E-state index in [4.69, 9.17) is 14.4 Å². The van der Waals surface area contributed by atoms with Crippen LogP contribution in [0, 0.1) is 11.6 Å². The fourth-order valence-corrected chi connectivity index (χ4v) is 2.40. The molecule has 0 amide bonds. The van der Waals surface area contributed by atoms with E-state index >= 15 is 0 Å². The highest BCUT2D eigenvalue weighted by Gasteiger charge is 2.54. The molecule has 1 fully saturated rings. The third-order valence-electron chi connectivity index (χ3n) is 4.31. The highest BCUT2D eigenvalue weighted by Crippen LogP contribution is 2.41. The Bertz CT molecular complexity index is 553. The van der Waals surface area contributed by atoms with Crippen molar-refractivity contribution in [3.05, 3.63) is 35.4 Å². The van der Waals surface area contributed by atoms with Gasteiger partial charge >= 0.3 is 13.1 Å². The quantitative estimate of drug-likeness (QED) is 0.868. The van der Waals surface area contributed by atoms with Crippen LogP contribution >= 0.6 is 0 Å². The van der Waals surface area contributed by atoms with Gasteiger partial charge in [-0.15, -0.1) is 0 Å². The van der Waals surface area contributed by atoms with Gasteiger partial charge in [-0.2, -0.15) is 0 Å². The molecule has 0 spiro atoms. The molecule has 0 bridgehead atoms. The van der Waals surface area contributed by atoms with Gasteiger partial charge in [0.15, 0.2) is 0 Å². The minimum Gasteiger partial charge on any atom is -0.481 e. The molecule has 1 atom stereocenters. The van der Waals surface area contributed by atoms with Crippen molar-refractivity contribution in [2.45, 2.75) is 51.1 Å². The van der Waals surface area contributed by atoms with E-state index in [1.165, 1.54) is 0 Å². The number of carboxylic acid groups (broad SMARTS) is 1. The van der Waals surface area contributed by atoms with Crippen molar-refractivity contribution in [3.8, 4) is 0 Å². The number of hydrogen-bond donors (Lipinski definition) is 1. The monoisotopic (exact) mass is 312 g/mol. The van der Waals surface area contributed by atoms with Crippen molar-refractivity contribution in [3.63, 3.8) is 0 Å². The molecule has 2 rings (SSSR count).